The molecule has 0 saturated carbocycles. The number of amides is 1. The van der Waals surface area contributed by atoms with Crippen LogP contribution in [0.4, 0.5) is 5.69 Å². The van der Waals surface area contributed by atoms with Crippen LogP contribution in [0.15, 0.2) is 53.2 Å². The van der Waals surface area contributed by atoms with Gasteiger partial charge in [0.15, 0.2) is 5.70 Å². The Labute approximate surface area is 211 Å². The molecule has 1 saturated heterocycles. The number of piperidine rings is 1. The van der Waals surface area contributed by atoms with Crippen molar-refractivity contribution < 1.29 is 28.6 Å². The van der Waals surface area contributed by atoms with E-state index in [1.165, 1.54) is 14.2 Å². The second-order valence-corrected chi connectivity index (χ2v) is 9.33. The summed E-state index contributed by atoms with van der Waals surface area (Å²) in [6, 6.07) is 7.23. The minimum atomic E-state index is -0.826. The van der Waals surface area contributed by atoms with Crippen molar-refractivity contribution in [2.75, 3.05) is 38.8 Å². The summed E-state index contributed by atoms with van der Waals surface area (Å²) in [5, 5.41) is 0. The number of esters is 2. The molecular weight excluding hydrogens is 462 g/mol. The number of nitrogens with zero attached hydrogens (tertiary/aromatic N) is 3. The van der Waals surface area contributed by atoms with Gasteiger partial charge in [-0.25, -0.2) is 14.6 Å². The van der Waals surface area contributed by atoms with Crippen LogP contribution in [0.5, 0.6) is 0 Å². The first-order valence-corrected chi connectivity index (χ1v) is 12.2. The fourth-order valence-electron chi connectivity index (χ4n) is 5.62. The number of benzene rings is 1. The van der Waals surface area contributed by atoms with Crippen LogP contribution in [0.2, 0.25) is 0 Å². The van der Waals surface area contributed by atoms with Gasteiger partial charge in [-0.1, -0.05) is 24.3 Å². The van der Waals surface area contributed by atoms with Crippen molar-refractivity contribution in [3.05, 3.63) is 53.8 Å². The highest BCUT2D eigenvalue weighted by Gasteiger charge is 2.63. The first-order valence-electron chi connectivity index (χ1n) is 12.2. The summed E-state index contributed by atoms with van der Waals surface area (Å²) in [5.74, 6) is -1.03. The number of likely N-dealkylation sites (tertiary alicyclic amines) is 1. The molecule has 3 aliphatic rings. The van der Waals surface area contributed by atoms with Crippen LogP contribution >= 0.6 is 0 Å². The molecule has 3 heterocycles. The first kappa shape index (κ1) is 25.6. The topological polar surface area (TPSA) is 97.7 Å². The smallest absolute Gasteiger partial charge is 0.357 e. The molecule has 2 atom stereocenters. The molecular formula is C27H33N3O6. The fourth-order valence-corrected chi connectivity index (χ4v) is 5.62. The molecule has 192 valence electrons. The molecule has 1 amide bonds. The van der Waals surface area contributed by atoms with Crippen LogP contribution in [0.25, 0.3) is 0 Å². The Morgan fingerprint density at radius 3 is 2.61 bits per heavy atom. The number of carbonyl (C=O) groups is 3. The number of anilines is 1. The highest BCUT2D eigenvalue weighted by molar-refractivity contribution is 6.15. The van der Waals surface area contributed by atoms with Gasteiger partial charge in [-0.05, 0) is 38.3 Å². The number of methoxy groups -OCH3 is 2. The monoisotopic (exact) mass is 495 g/mol. The standard InChI is InChI=1S/C27H33N3O6/c1-6-14-29-19-11-8-7-10-18(19)27-13-12-20(31)30(15-9-16-36-17(2)3)26(27)28-22(25(33)35-5)21(23(27)29)24(32)34-4/h6-8,10-11,17,23H,1,9,12-16H2,2-5H3. The van der Waals surface area contributed by atoms with E-state index in [4.69, 9.17) is 19.2 Å². The molecule has 4 rings (SSSR count). The number of carbonyl (C=O) groups excluding carboxylic acids is 3. The molecule has 9 nitrogen and oxygen atoms in total. The quantitative estimate of drug-likeness (QED) is 0.295. The minimum absolute atomic E-state index is 0.0759. The highest BCUT2D eigenvalue weighted by atomic mass is 16.5. The van der Waals surface area contributed by atoms with Crippen molar-refractivity contribution in [2.45, 2.75) is 50.7 Å². The van der Waals surface area contributed by atoms with Crippen molar-refractivity contribution in [1.29, 1.82) is 0 Å². The maximum Gasteiger partial charge on any atom is 0.357 e. The SMILES string of the molecule is C=CCN1c2ccccc2C23CCC(=O)N(CCCOC(C)C)C2=NC(C(=O)OC)=C(C(=O)OC)C13. The molecule has 0 bridgehead atoms. The molecule has 0 radical (unpaired) electrons. The predicted octanol–water partition coefficient (Wildman–Crippen LogP) is 2.75. The Morgan fingerprint density at radius 2 is 1.94 bits per heavy atom. The Morgan fingerprint density at radius 1 is 1.22 bits per heavy atom. The molecule has 0 aromatic heterocycles. The summed E-state index contributed by atoms with van der Waals surface area (Å²) in [6.07, 6.45) is 3.15. The third-order valence-electron chi connectivity index (χ3n) is 6.99. The number of hydrogen-bond donors (Lipinski definition) is 0. The maximum absolute atomic E-state index is 13.2. The van der Waals surface area contributed by atoms with Crippen LogP contribution in [-0.2, 0) is 34.0 Å². The van der Waals surface area contributed by atoms with Crippen LogP contribution < -0.4 is 4.90 Å². The van der Waals surface area contributed by atoms with Gasteiger partial charge in [0.05, 0.1) is 37.4 Å². The van der Waals surface area contributed by atoms with Gasteiger partial charge < -0.3 is 19.1 Å². The van der Waals surface area contributed by atoms with Gasteiger partial charge in [-0.3, -0.25) is 9.69 Å². The summed E-state index contributed by atoms with van der Waals surface area (Å²) < 4.78 is 15.9. The molecule has 2 unspecified atom stereocenters. The average Bonchev–Trinajstić information content (AvgIpc) is 3.15. The number of rotatable bonds is 9. The lowest BCUT2D eigenvalue weighted by Gasteiger charge is -2.48. The highest BCUT2D eigenvalue weighted by Crippen LogP contribution is 2.55. The van der Waals surface area contributed by atoms with Gasteiger partial charge >= 0.3 is 11.9 Å². The van der Waals surface area contributed by atoms with Crippen molar-refractivity contribution in [3.63, 3.8) is 0 Å². The average molecular weight is 496 g/mol. The summed E-state index contributed by atoms with van der Waals surface area (Å²) in [5.41, 5.74) is 1.02. The second kappa shape index (κ2) is 10.3. The lowest BCUT2D eigenvalue weighted by molar-refractivity contribution is -0.140. The van der Waals surface area contributed by atoms with Gasteiger partial charge in [0, 0.05) is 31.8 Å². The number of para-hydroxylation sites is 1. The summed E-state index contributed by atoms with van der Waals surface area (Å²) in [7, 11) is 2.52. The van der Waals surface area contributed by atoms with Gasteiger partial charge in [0.25, 0.3) is 0 Å². The third kappa shape index (κ3) is 4.01. The summed E-state index contributed by atoms with van der Waals surface area (Å²) in [6.45, 7) is 9.12. The summed E-state index contributed by atoms with van der Waals surface area (Å²) in [4.78, 5) is 47.9. The van der Waals surface area contributed by atoms with Crippen LogP contribution in [-0.4, -0.2) is 74.6 Å². The molecule has 3 aliphatic heterocycles. The lowest BCUT2D eigenvalue weighted by atomic mass is 9.65. The van der Waals surface area contributed by atoms with Crippen molar-refractivity contribution >= 4 is 29.4 Å². The molecule has 0 N–H and O–H groups in total. The number of amidine groups is 1. The van der Waals surface area contributed by atoms with Crippen molar-refractivity contribution in [3.8, 4) is 0 Å². The number of hydrogen-bond acceptors (Lipinski definition) is 8. The van der Waals surface area contributed by atoms with Crippen LogP contribution in [0, 0.1) is 0 Å². The lowest BCUT2D eigenvalue weighted by Crippen LogP contribution is -2.63. The van der Waals surface area contributed by atoms with E-state index in [0.717, 1.165) is 11.3 Å². The zero-order valence-corrected chi connectivity index (χ0v) is 21.3. The van der Waals surface area contributed by atoms with E-state index in [0.29, 0.717) is 38.4 Å². The van der Waals surface area contributed by atoms with E-state index in [2.05, 4.69) is 6.58 Å². The Bertz CT molecular complexity index is 1140. The number of ether oxygens (including phenoxy) is 3. The van der Waals surface area contributed by atoms with E-state index in [1.807, 2.05) is 43.0 Å². The molecule has 1 fully saturated rings. The molecule has 0 aliphatic carbocycles. The number of aliphatic imine (C=N–C) groups is 1. The fraction of sp³-hybridized carbons (Fsp3) is 0.481. The van der Waals surface area contributed by atoms with Crippen LogP contribution in [0.1, 0.15) is 38.7 Å². The zero-order valence-electron chi connectivity index (χ0n) is 21.3. The number of fused-ring (bicyclic) bond motifs is 1. The van der Waals surface area contributed by atoms with E-state index in [1.54, 1.807) is 11.0 Å². The second-order valence-electron chi connectivity index (χ2n) is 9.33. The van der Waals surface area contributed by atoms with Crippen LogP contribution in [0.3, 0.4) is 0 Å². The van der Waals surface area contributed by atoms with Gasteiger partial charge in [-0.15, -0.1) is 6.58 Å². The van der Waals surface area contributed by atoms with E-state index in [-0.39, 0.29) is 29.7 Å². The molecule has 1 spiro atoms. The largest absolute Gasteiger partial charge is 0.466 e. The van der Waals surface area contributed by atoms with Crippen molar-refractivity contribution in [1.82, 2.24) is 4.90 Å². The van der Waals surface area contributed by atoms with Gasteiger partial charge in [0.2, 0.25) is 5.91 Å². The first-order chi connectivity index (χ1) is 17.3. The van der Waals surface area contributed by atoms with E-state index >= 15 is 0 Å². The minimum Gasteiger partial charge on any atom is -0.466 e. The summed E-state index contributed by atoms with van der Waals surface area (Å²) >= 11 is 0. The van der Waals surface area contributed by atoms with Gasteiger partial charge in [-0.2, -0.15) is 0 Å². The van der Waals surface area contributed by atoms with E-state index in [9.17, 15) is 14.4 Å². The Hall–Kier alpha value is -3.46. The molecule has 1 aromatic rings. The molecule has 36 heavy (non-hydrogen) atoms. The third-order valence-corrected chi connectivity index (χ3v) is 6.99. The normalized spacial score (nSPS) is 22.6. The zero-order chi connectivity index (χ0) is 26.0. The maximum atomic E-state index is 13.2. The van der Waals surface area contributed by atoms with Crippen molar-refractivity contribution in [2.24, 2.45) is 4.99 Å². The Kier molecular flexibility index (Phi) is 7.31. The molecule has 9 heteroatoms. The van der Waals surface area contributed by atoms with E-state index < -0.39 is 23.4 Å². The molecule has 1 aromatic carbocycles. The van der Waals surface area contributed by atoms with Gasteiger partial charge in [0.1, 0.15) is 5.84 Å². The Balaban J connectivity index is 1.95. The predicted molar refractivity (Wildman–Crippen MR) is 135 cm³/mol.